The second-order valence-electron chi connectivity index (χ2n) is 2.99. The molecule has 4 nitrogen and oxygen atoms in total. The number of carbonyl (C=O) groups is 1. The van der Waals surface area contributed by atoms with Gasteiger partial charge in [-0.2, -0.15) is 0 Å². The summed E-state index contributed by atoms with van der Waals surface area (Å²) in [5.41, 5.74) is 0.617. The van der Waals surface area contributed by atoms with Crippen LogP contribution in [0.2, 0.25) is 0 Å². The molecule has 2 rings (SSSR count). The molecule has 0 aliphatic heterocycles. The van der Waals surface area contributed by atoms with Crippen molar-refractivity contribution in [1.82, 2.24) is 10.2 Å². The maximum absolute atomic E-state index is 10.6. The highest BCUT2D eigenvalue weighted by Crippen LogP contribution is 2.29. The maximum Gasteiger partial charge on any atom is 0.281 e. The molecule has 0 N–H and O–H groups in total. The lowest BCUT2D eigenvalue weighted by Crippen LogP contribution is -1.82. The van der Waals surface area contributed by atoms with Crippen LogP contribution in [0.25, 0.3) is 0 Å². The summed E-state index contributed by atoms with van der Waals surface area (Å²) in [6, 6.07) is 5.41. The van der Waals surface area contributed by atoms with Crippen molar-refractivity contribution in [2.24, 2.45) is 0 Å². The van der Waals surface area contributed by atoms with Crippen LogP contribution in [0.15, 0.2) is 37.2 Å². The molecule has 1 aromatic heterocycles. The summed E-state index contributed by atoms with van der Waals surface area (Å²) in [6.45, 7) is 1.74. The number of hydrogen-bond donors (Lipinski definition) is 0. The fourth-order valence-electron chi connectivity index (χ4n) is 1.09. The molecule has 0 radical (unpaired) electrons. The molecule has 0 aliphatic rings. The Kier molecular flexibility index (Phi) is 3.40. The molecule has 1 heterocycles. The first-order valence-corrected chi connectivity index (χ1v) is 6.02. The molecule has 0 fully saturated rings. The largest absolute Gasteiger partial charge is 0.416 e. The Labute approximate surface area is 105 Å². The van der Waals surface area contributed by atoms with E-state index in [1.807, 2.05) is 12.1 Å². The van der Waals surface area contributed by atoms with Crippen molar-refractivity contribution < 1.29 is 9.21 Å². The van der Waals surface area contributed by atoms with E-state index in [4.69, 9.17) is 4.42 Å². The van der Waals surface area contributed by atoms with Crippen LogP contribution in [0, 0.1) is 6.92 Å². The molecule has 0 amide bonds. The van der Waals surface area contributed by atoms with Crippen LogP contribution in [0.4, 0.5) is 0 Å². The number of aldehydes is 1. The predicted octanol–water partition coefficient (Wildman–Crippen LogP) is 3.10. The van der Waals surface area contributed by atoms with Gasteiger partial charge in [0.05, 0.1) is 0 Å². The van der Waals surface area contributed by atoms with E-state index in [-0.39, 0.29) is 0 Å². The van der Waals surface area contributed by atoms with Crippen LogP contribution in [-0.4, -0.2) is 16.5 Å². The van der Waals surface area contributed by atoms with Gasteiger partial charge in [0.25, 0.3) is 5.22 Å². The SMILES string of the molecule is Cc1nnc(Sc2ccc(C=O)c(Br)c2)o1. The van der Waals surface area contributed by atoms with Gasteiger partial charge in [-0.15, -0.1) is 10.2 Å². The van der Waals surface area contributed by atoms with Crippen LogP contribution >= 0.6 is 27.7 Å². The van der Waals surface area contributed by atoms with Gasteiger partial charge in [0.2, 0.25) is 5.89 Å². The molecule has 16 heavy (non-hydrogen) atoms. The number of carbonyl (C=O) groups excluding carboxylic acids is 1. The van der Waals surface area contributed by atoms with Gasteiger partial charge in [-0.3, -0.25) is 4.79 Å². The highest BCUT2D eigenvalue weighted by Gasteiger charge is 2.06. The molecule has 82 valence electrons. The number of benzene rings is 1. The van der Waals surface area contributed by atoms with Gasteiger partial charge in [-0.05, 0) is 30.0 Å². The Balaban J connectivity index is 2.22. The molecule has 0 bridgehead atoms. The molecule has 0 unspecified atom stereocenters. The summed E-state index contributed by atoms with van der Waals surface area (Å²) in [7, 11) is 0. The molecule has 0 saturated heterocycles. The lowest BCUT2D eigenvalue weighted by molar-refractivity contribution is 0.112. The van der Waals surface area contributed by atoms with Crippen molar-refractivity contribution in [1.29, 1.82) is 0 Å². The van der Waals surface area contributed by atoms with Gasteiger partial charge in [0.15, 0.2) is 6.29 Å². The number of aryl methyl sites for hydroxylation is 1. The number of rotatable bonds is 3. The first-order valence-electron chi connectivity index (χ1n) is 4.42. The minimum absolute atomic E-state index is 0.489. The van der Waals surface area contributed by atoms with E-state index >= 15 is 0 Å². The second-order valence-corrected chi connectivity index (χ2v) is 4.87. The molecule has 2 aromatic rings. The first kappa shape index (κ1) is 11.3. The van der Waals surface area contributed by atoms with Crippen molar-refractivity contribution in [2.45, 2.75) is 17.0 Å². The number of hydrogen-bond acceptors (Lipinski definition) is 5. The van der Waals surface area contributed by atoms with E-state index < -0.39 is 0 Å². The molecule has 1 aromatic carbocycles. The average Bonchev–Trinajstić information content (AvgIpc) is 2.64. The van der Waals surface area contributed by atoms with Gasteiger partial charge >= 0.3 is 0 Å². The summed E-state index contributed by atoms with van der Waals surface area (Å²) >= 11 is 4.67. The Morgan fingerprint density at radius 1 is 1.44 bits per heavy atom. The average molecular weight is 299 g/mol. The van der Waals surface area contributed by atoms with E-state index in [0.717, 1.165) is 15.7 Å². The minimum Gasteiger partial charge on any atom is -0.416 e. The van der Waals surface area contributed by atoms with Crippen molar-refractivity contribution in [3.05, 3.63) is 34.1 Å². The highest BCUT2D eigenvalue weighted by atomic mass is 79.9. The highest BCUT2D eigenvalue weighted by molar-refractivity contribution is 9.10. The summed E-state index contributed by atoms with van der Waals surface area (Å²) in [4.78, 5) is 11.6. The summed E-state index contributed by atoms with van der Waals surface area (Å²) in [6.07, 6.45) is 0.801. The minimum atomic E-state index is 0.489. The zero-order valence-electron chi connectivity index (χ0n) is 8.31. The lowest BCUT2D eigenvalue weighted by atomic mass is 10.2. The fourth-order valence-corrected chi connectivity index (χ4v) is 2.47. The van der Waals surface area contributed by atoms with Crippen molar-refractivity contribution >= 4 is 34.0 Å². The van der Waals surface area contributed by atoms with Crippen molar-refractivity contribution in [2.75, 3.05) is 0 Å². The Hall–Kier alpha value is -1.14. The number of halogens is 1. The van der Waals surface area contributed by atoms with Crippen LogP contribution in [0.1, 0.15) is 16.2 Å². The molecule has 0 saturated carbocycles. The zero-order chi connectivity index (χ0) is 11.5. The third kappa shape index (κ3) is 2.51. The zero-order valence-corrected chi connectivity index (χ0v) is 10.7. The number of nitrogens with zero attached hydrogens (tertiary/aromatic N) is 2. The smallest absolute Gasteiger partial charge is 0.281 e. The summed E-state index contributed by atoms with van der Waals surface area (Å²) in [5, 5.41) is 8.10. The monoisotopic (exact) mass is 298 g/mol. The molecular formula is C10H7BrN2O2S. The van der Waals surface area contributed by atoms with E-state index in [2.05, 4.69) is 26.1 Å². The molecule has 6 heteroatoms. The normalized spacial score (nSPS) is 10.4. The van der Waals surface area contributed by atoms with Crippen LogP contribution < -0.4 is 0 Å². The standard InChI is InChI=1S/C10H7BrN2O2S/c1-6-12-13-10(15-6)16-8-3-2-7(5-14)9(11)4-8/h2-5H,1H3. The summed E-state index contributed by atoms with van der Waals surface area (Å²) < 4.78 is 5.99. The Bertz CT molecular complexity index is 527. The van der Waals surface area contributed by atoms with Crippen molar-refractivity contribution in [3.63, 3.8) is 0 Å². The van der Waals surface area contributed by atoms with Crippen LogP contribution in [0.5, 0.6) is 0 Å². The van der Waals surface area contributed by atoms with Crippen LogP contribution in [0.3, 0.4) is 0 Å². The Morgan fingerprint density at radius 2 is 2.25 bits per heavy atom. The molecule has 0 atom stereocenters. The second kappa shape index (κ2) is 4.80. The van der Waals surface area contributed by atoms with Crippen molar-refractivity contribution in [3.8, 4) is 0 Å². The van der Waals surface area contributed by atoms with Gasteiger partial charge in [0.1, 0.15) is 0 Å². The third-order valence-corrected chi connectivity index (χ3v) is 3.33. The van der Waals surface area contributed by atoms with E-state index in [9.17, 15) is 4.79 Å². The quantitative estimate of drug-likeness (QED) is 0.815. The Morgan fingerprint density at radius 3 is 2.81 bits per heavy atom. The third-order valence-electron chi connectivity index (χ3n) is 1.81. The first-order chi connectivity index (χ1) is 7.69. The van der Waals surface area contributed by atoms with E-state index in [0.29, 0.717) is 16.7 Å². The van der Waals surface area contributed by atoms with Gasteiger partial charge < -0.3 is 4.42 Å². The topological polar surface area (TPSA) is 56.0 Å². The van der Waals surface area contributed by atoms with Gasteiger partial charge in [-0.25, -0.2) is 0 Å². The van der Waals surface area contributed by atoms with Gasteiger partial charge in [-0.1, -0.05) is 15.9 Å². The lowest BCUT2D eigenvalue weighted by Gasteiger charge is -1.99. The van der Waals surface area contributed by atoms with Gasteiger partial charge in [0, 0.05) is 21.9 Å². The van der Waals surface area contributed by atoms with E-state index in [1.165, 1.54) is 11.8 Å². The maximum atomic E-state index is 10.6. The predicted molar refractivity (Wildman–Crippen MR) is 62.7 cm³/mol. The number of aromatic nitrogens is 2. The van der Waals surface area contributed by atoms with E-state index in [1.54, 1.807) is 13.0 Å². The van der Waals surface area contributed by atoms with Crippen LogP contribution in [-0.2, 0) is 0 Å². The summed E-state index contributed by atoms with van der Waals surface area (Å²) in [5.74, 6) is 0.533. The molecular weight excluding hydrogens is 292 g/mol. The fraction of sp³-hybridized carbons (Fsp3) is 0.100. The molecule has 0 aliphatic carbocycles. The molecule has 0 spiro atoms.